The van der Waals surface area contributed by atoms with Gasteiger partial charge in [-0.1, -0.05) is 224 Å². The third-order valence-corrected chi connectivity index (χ3v) is 17.8. The van der Waals surface area contributed by atoms with Crippen LogP contribution in [0.1, 0.15) is 0 Å². The van der Waals surface area contributed by atoms with Gasteiger partial charge in [0.1, 0.15) is 0 Å². The summed E-state index contributed by atoms with van der Waals surface area (Å²) in [6, 6.07) is 94.2. The highest BCUT2D eigenvalue weighted by Crippen LogP contribution is 2.43. The summed E-state index contributed by atoms with van der Waals surface area (Å²) < 4.78 is 5.05. The minimum absolute atomic E-state index is 1.12. The van der Waals surface area contributed by atoms with Crippen molar-refractivity contribution in [3.63, 3.8) is 0 Å². The molecular formula is C60H42N2Si. The van der Waals surface area contributed by atoms with Gasteiger partial charge in [-0.25, -0.2) is 0 Å². The molecule has 10 aromatic carbocycles. The van der Waals surface area contributed by atoms with Crippen LogP contribution in [-0.2, 0) is 0 Å². The normalized spacial score (nSPS) is 11.8. The summed E-state index contributed by atoms with van der Waals surface area (Å²) >= 11 is 0. The van der Waals surface area contributed by atoms with Crippen molar-refractivity contribution in [2.24, 2.45) is 0 Å². The molecule has 12 rings (SSSR count). The molecule has 0 amide bonds. The van der Waals surface area contributed by atoms with E-state index in [0.717, 1.165) is 11.4 Å². The van der Waals surface area contributed by atoms with Crippen LogP contribution in [0.15, 0.2) is 255 Å². The minimum atomic E-state index is -2.78. The lowest BCUT2D eigenvalue weighted by atomic mass is 10.0. The fourth-order valence-electron chi connectivity index (χ4n) is 10.4. The molecular weight excluding hydrogens is 777 g/mol. The molecule has 0 unspecified atom stereocenters. The van der Waals surface area contributed by atoms with Crippen molar-refractivity contribution >= 4 is 72.4 Å². The van der Waals surface area contributed by atoms with Crippen LogP contribution in [-0.4, -0.2) is 17.2 Å². The summed E-state index contributed by atoms with van der Waals surface area (Å²) in [7, 11) is -2.78. The SMILES string of the molecule is c1ccc(-c2cccc(-n3c4c(-c5ccccc5)cccc4c4cccc(-n5c6ccccc6c6cc([Si](c7ccccc7)(c7ccccc7)c7ccccc7)ccc65)c43)c2)cc1. The minimum Gasteiger partial charge on any atom is -0.307 e. The highest BCUT2D eigenvalue weighted by Gasteiger charge is 2.41. The van der Waals surface area contributed by atoms with Gasteiger partial charge in [0.2, 0.25) is 0 Å². The van der Waals surface area contributed by atoms with Crippen molar-refractivity contribution in [3.05, 3.63) is 255 Å². The number of para-hydroxylation sites is 3. The van der Waals surface area contributed by atoms with Gasteiger partial charge in [-0.3, -0.25) is 0 Å². The van der Waals surface area contributed by atoms with Gasteiger partial charge in [0.25, 0.3) is 0 Å². The first kappa shape index (κ1) is 36.8. The molecule has 0 aliphatic heterocycles. The van der Waals surface area contributed by atoms with Crippen LogP contribution < -0.4 is 20.7 Å². The second-order valence-corrected chi connectivity index (χ2v) is 20.2. The van der Waals surface area contributed by atoms with Gasteiger partial charge in [-0.05, 0) is 67.8 Å². The molecule has 0 aliphatic rings. The van der Waals surface area contributed by atoms with Crippen LogP contribution in [0.25, 0.3) is 77.2 Å². The molecule has 0 radical (unpaired) electrons. The fraction of sp³-hybridized carbons (Fsp3) is 0. The zero-order chi connectivity index (χ0) is 41.7. The maximum Gasteiger partial charge on any atom is 0.179 e. The molecule has 0 saturated heterocycles. The van der Waals surface area contributed by atoms with Crippen LogP contribution in [0.3, 0.4) is 0 Å². The summed E-state index contributed by atoms with van der Waals surface area (Å²) in [6.07, 6.45) is 0. The van der Waals surface area contributed by atoms with Crippen LogP contribution in [0.2, 0.25) is 0 Å². The van der Waals surface area contributed by atoms with Crippen molar-refractivity contribution in [2.75, 3.05) is 0 Å². The number of fused-ring (bicyclic) bond motifs is 6. The predicted molar refractivity (Wildman–Crippen MR) is 270 cm³/mol. The van der Waals surface area contributed by atoms with Crippen LogP contribution in [0.4, 0.5) is 0 Å². The number of benzene rings is 10. The summed E-state index contributed by atoms with van der Waals surface area (Å²) in [5.41, 5.74) is 11.8. The average Bonchev–Trinajstić information content (AvgIpc) is 3.89. The largest absolute Gasteiger partial charge is 0.307 e. The van der Waals surface area contributed by atoms with Gasteiger partial charge in [0, 0.05) is 32.8 Å². The Morgan fingerprint density at radius 1 is 0.270 bits per heavy atom. The van der Waals surface area contributed by atoms with Gasteiger partial charge in [0.15, 0.2) is 8.07 Å². The average molecular weight is 819 g/mol. The van der Waals surface area contributed by atoms with Crippen molar-refractivity contribution in [1.29, 1.82) is 0 Å². The summed E-state index contributed by atoms with van der Waals surface area (Å²) in [4.78, 5) is 0. The van der Waals surface area contributed by atoms with E-state index in [4.69, 9.17) is 0 Å². The van der Waals surface area contributed by atoms with Crippen molar-refractivity contribution < 1.29 is 0 Å². The van der Waals surface area contributed by atoms with E-state index in [9.17, 15) is 0 Å². The lowest BCUT2D eigenvalue weighted by molar-refractivity contribution is 1.13. The Morgan fingerprint density at radius 2 is 0.762 bits per heavy atom. The third-order valence-electron chi connectivity index (χ3n) is 13.1. The first-order valence-electron chi connectivity index (χ1n) is 21.8. The quantitative estimate of drug-likeness (QED) is 0.107. The molecule has 0 saturated carbocycles. The lowest BCUT2D eigenvalue weighted by Crippen LogP contribution is -2.74. The zero-order valence-corrected chi connectivity index (χ0v) is 35.6. The van der Waals surface area contributed by atoms with E-state index in [-0.39, 0.29) is 0 Å². The highest BCUT2D eigenvalue weighted by atomic mass is 28.3. The molecule has 0 aliphatic carbocycles. The van der Waals surface area contributed by atoms with Gasteiger partial charge in [-0.15, -0.1) is 0 Å². The highest BCUT2D eigenvalue weighted by molar-refractivity contribution is 7.20. The molecule has 0 fully saturated rings. The van der Waals surface area contributed by atoms with Crippen LogP contribution >= 0.6 is 0 Å². The van der Waals surface area contributed by atoms with Crippen molar-refractivity contribution in [3.8, 4) is 33.6 Å². The molecule has 63 heavy (non-hydrogen) atoms. The first-order chi connectivity index (χ1) is 31.3. The molecule has 2 nitrogen and oxygen atoms in total. The molecule has 3 heteroatoms. The molecule has 0 atom stereocenters. The molecule has 2 heterocycles. The topological polar surface area (TPSA) is 9.86 Å². The maximum atomic E-state index is 2.53. The summed E-state index contributed by atoms with van der Waals surface area (Å²) in [5.74, 6) is 0. The maximum absolute atomic E-state index is 2.78. The monoisotopic (exact) mass is 818 g/mol. The Labute approximate surface area is 368 Å². The standard InChI is InChI=1S/C60H42N2Si/c1-6-21-43(22-7-1)45-25-18-26-46(41-45)61-59-51(44-23-8-2-9-24-44)34-19-35-53(59)54-36-20-38-58(60(54)61)62-56-37-17-16-33-52(56)55-42-50(39-40-57(55)62)63(47-27-10-3-11-28-47,48-29-12-4-13-30-48)49-31-14-5-15-32-49/h1-42H. The second kappa shape index (κ2) is 15.2. The first-order valence-corrected chi connectivity index (χ1v) is 23.8. The van der Waals surface area contributed by atoms with Gasteiger partial charge >= 0.3 is 0 Å². The van der Waals surface area contributed by atoms with Gasteiger partial charge in [0.05, 0.1) is 27.8 Å². The number of nitrogens with zero attached hydrogens (tertiary/aromatic N) is 2. The third kappa shape index (κ3) is 5.85. The van der Waals surface area contributed by atoms with E-state index in [1.807, 2.05) is 0 Å². The summed E-state index contributed by atoms with van der Waals surface area (Å²) in [6.45, 7) is 0. The summed E-state index contributed by atoms with van der Waals surface area (Å²) in [5, 5.41) is 10.4. The Bertz CT molecular complexity index is 3500. The zero-order valence-electron chi connectivity index (χ0n) is 34.6. The van der Waals surface area contributed by atoms with Crippen molar-refractivity contribution in [2.45, 2.75) is 0 Å². The number of aromatic nitrogens is 2. The van der Waals surface area contributed by atoms with E-state index in [2.05, 4.69) is 264 Å². The molecule has 2 aromatic heterocycles. The molecule has 0 bridgehead atoms. The molecule has 0 spiro atoms. The van der Waals surface area contributed by atoms with E-state index in [0.29, 0.717) is 0 Å². The number of hydrogen-bond donors (Lipinski definition) is 0. The smallest absolute Gasteiger partial charge is 0.179 e. The van der Waals surface area contributed by atoms with Gasteiger partial charge < -0.3 is 9.13 Å². The Morgan fingerprint density at radius 3 is 1.41 bits per heavy atom. The van der Waals surface area contributed by atoms with Crippen LogP contribution in [0.5, 0.6) is 0 Å². The Balaban J connectivity index is 1.18. The Kier molecular flexibility index (Phi) is 8.87. The van der Waals surface area contributed by atoms with E-state index in [1.165, 1.54) is 86.6 Å². The predicted octanol–water partition coefficient (Wildman–Crippen LogP) is 12.6. The Hall–Kier alpha value is -7.98. The second-order valence-electron chi connectivity index (χ2n) is 16.4. The van der Waals surface area contributed by atoms with Gasteiger partial charge in [-0.2, -0.15) is 0 Å². The van der Waals surface area contributed by atoms with E-state index in [1.54, 1.807) is 0 Å². The van der Waals surface area contributed by atoms with Crippen molar-refractivity contribution in [1.82, 2.24) is 9.13 Å². The van der Waals surface area contributed by atoms with E-state index < -0.39 is 8.07 Å². The molecule has 0 N–H and O–H groups in total. The number of hydrogen-bond acceptors (Lipinski definition) is 0. The van der Waals surface area contributed by atoms with E-state index >= 15 is 0 Å². The fourth-order valence-corrected chi connectivity index (χ4v) is 15.1. The van der Waals surface area contributed by atoms with Crippen LogP contribution in [0, 0.1) is 0 Å². The molecule has 296 valence electrons. The molecule has 12 aromatic rings. The lowest BCUT2D eigenvalue weighted by Gasteiger charge is -2.34. The number of rotatable bonds is 8.